The molecule has 1 aromatic carbocycles. The van der Waals surface area contributed by atoms with Gasteiger partial charge >= 0.3 is 0 Å². The lowest BCUT2D eigenvalue weighted by Gasteiger charge is -2.09. The molecule has 2 amide bonds. The number of carbonyl (C=O) groups excluding carboxylic acids is 2. The van der Waals surface area contributed by atoms with Crippen molar-refractivity contribution in [2.75, 3.05) is 10.0 Å². The summed E-state index contributed by atoms with van der Waals surface area (Å²) in [6.07, 6.45) is 1.28. The number of pyridine rings is 1. The second-order valence-corrected chi connectivity index (χ2v) is 6.40. The van der Waals surface area contributed by atoms with E-state index < -0.39 is 15.9 Å². The highest BCUT2D eigenvalue weighted by Crippen LogP contribution is 2.17. The maximum absolute atomic E-state index is 12.3. The average molecular weight is 349 g/mol. The van der Waals surface area contributed by atoms with E-state index in [4.69, 9.17) is 5.84 Å². The molecule has 0 atom stereocenters. The summed E-state index contributed by atoms with van der Waals surface area (Å²) < 4.78 is 26.9. The van der Waals surface area contributed by atoms with Gasteiger partial charge in [0.25, 0.3) is 15.9 Å². The first-order valence-corrected chi connectivity index (χ1v) is 8.17. The summed E-state index contributed by atoms with van der Waals surface area (Å²) >= 11 is 0. The number of hydrogen-bond acceptors (Lipinski definition) is 6. The molecule has 9 nitrogen and oxygen atoms in total. The summed E-state index contributed by atoms with van der Waals surface area (Å²) in [6.45, 7) is 1.35. The van der Waals surface area contributed by atoms with Crippen LogP contribution in [0.5, 0.6) is 0 Å². The fourth-order valence-electron chi connectivity index (χ4n) is 1.83. The lowest BCUT2D eigenvalue weighted by molar-refractivity contribution is -0.114. The van der Waals surface area contributed by atoms with E-state index >= 15 is 0 Å². The predicted molar refractivity (Wildman–Crippen MR) is 87.4 cm³/mol. The second kappa shape index (κ2) is 7.06. The molecule has 24 heavy (non-hydrogen) atoms. The van der Waals surface area contributed by atoms with Gasteiger partial charge in [0.1, 0.15) is 5.82 Å². The Balaban J connectivity index is 2.22. The highest BCUT2D eigenvalue weighted by Gasteiger charge is 2.16. The van der Waals surface area contributed by atoms with Gasteiger partial charge in [-0.25, -0.2) is 19.2 Å². The van der Waals surface area contributed by atoms with Crippen molar-refractivity contribution in [1.29, 1.82) is 0 Å². The van der Waals surface area contributed by atoms with Crippen LogP contribution in [0.2, 0.25) is 0 Å². The van der Waals surface area contributed by atoms with Gasteiger partial charge in [0.2, 0.25) is 5.91 Å². The van der Waals surface area contributed by atoms with Gasteiger partial charge in [-0.05, 0) is 36.4 Å². The standard InChI is InChI=1S/C14H15N5O4S/c1-9(20)17-11-2-4-12(5-3-11)24(22,23)19-13-8-10(6-7-16-13)14(21)18-15/h2-8H,15H2,1H3,(H,16,19)(H,17,20)(H,18,21). The number of nitrogens with one attached hydrogen (secondary N) is 3. The van der Waals surface area contributed by atoms with Crippen molar-refractivity contribution in [3.8, 4) is 0 Å². The first-order chi connectivity index (χ1) is 11.3. The van der Waals surface area contributed by atoms with Gasteiger partial charge in [-0.3, -0.25) is 19.7 Å². The first-order valence-electron chi connectivity index (χ1n) is 6.69. The van der Waals surface area contributed by atoms with Crippen molar-refractivity contribution < 1.29 is 18.0 Å². The monoisotopic (exact) mass is 349 g/mol. The van der Waals surface area contributed by atoms with Crippen LogP contribution >= 0.6 is 0 Å². The van der Waals surface area contributed by atoms with Crippen LogP contribution in [0.1, 0.15) is 17.3 Å². The van der Waals surface area contributed by atoms with Gasteiger partial charge in [0.15, 0.2) is 0 Å². The minimum Gasteiger partial charge on any atom is -0.326 e. The van der Waals surface area contributed by atoms with E-state index in [1.807, 2.05) is 5.43 Å². The fourth-order valence-corrected chi connectivity index (χ4v) is 2.83. The summed E-state index contributed by atoms with van der Waals surface area (Å²) in [7, 11) is -3.90. The minimum absolute atomic E-state index is 0.0212. The number of nitrogens with zero attached hydrogens (tertiary/aromatic N) is 1. The molecular weight excluding hydrogens is 334 g/mol. The zero-order chi connectivity index (χ0) is 17.7. The van der Waals surface area contributed by atoms with E-state index in [1.54, 1.807) is 0 Å². The molecule has 0 unspecified atom stereocenters. The van der Waals surface area contributed by atoms with E-state index in [1.165, 1.54) is 49.5 Å². The third-order valence-electron chi connectivity index (χ3n) is 2.88. The maximum Gasteiger partial charge on any atom is 0.265 e. The third-order valence-corrected chi connectivity index (χ3v) is 4.25. The summed E-state index contributed by atoms with van der Waals surface area (Å²) in [6, 6.07) is 8.24. The van der Waals surface area contributed by atoms with Crippen LogP contribution in [-0.4, -0.2) is 25.2 Å². The van der Waals surface area contributed by atoms with Gasteiger partial charge < -0.3 is 5.32 Å². The van der Waals surface area contributed by atoms with Crippen LogP contribution in [-0.2, 0) is 14.8 Å². The Kier molecular flexibility index (Phi) is 5.11. The lowest BCUT2D eigenvalue weighted by Crippen LogP contribution is -2.30. The van der Waals surface area contributed by atoms with E-state index in [0.717, 1.165) is 0 Å². The number of nitrogen functional groups attached to an aromatic ring is 1. The number of rotatable bonds is 5. The average Bonchev–Trinajstić information content (AvgIpc) is 2.54. The maximum atomic E-state index is 12.3. The molecule has 126 valence electrons. The Morgan fingerprint density at radius 2 is 1.79 bits per heavy atom. The zero-order valence-electron chi connectivity index (χ0n) is 12.6. The van der Waals surface area contributed by atoms with Crippen LogP contribution in [0.4, 0.5) is 11.5 Å². The number of carbonyl (C=O) groups is 2. The minimum atomic E-state index is -3.90. The number of hydrogen-bond donors (Lipinski definition) is 4. The van der Waals surface area contributed by atoms with Gasteiger partial charge in [-0.15, -0.1) is 0 Å². The van der Waals surface area contributed by atoms with Crippen molar-refractivity contribution in [3.05, 3.63) is 48.2 Å². The molecule has 10 heteroatoms. The highest BCUT2D eigenvalue weighted by atomic mass is 32.2. The van der Waals surface area contributed by atoms with E-state index in [-0.39, 0.29) is 22.2 Å². The molecule has 1 heterocycles. The molecule has 2 rings (SSSR count). The van der Waals surface area contributed by atoms with Crippen LogP contribution in [0.25, 0.3) is 0 Å². The molecular formula is C14H15N5O4S. The molecule has 5 N–H and O–H groups in total. The van der Waals surface area contributed by atoms with E-state index in [0.29, 0.717) is 5.69 Å². The highest BCUT2D eigenvalue weighted by molar-refractivity contribution is 7.92. The molecule has 0 radical (unpaired) electrons. The summed E-state index contributed by atoms with van der Waals surface area (Å²) in [5, 5.41) is 2.54. The summed E-state index contributed by atoms with van der Waals surface area (Å²) in [5.41, 5.74) is 2.58. The van der Waals surface area contributed by atoms with Crippen LogP contribution in [0.15, 0.2) is 47.5 Å². The fraction of sp³-hybridized carbons (Fsp3) is 0.0714. The number of benzene rings is 1. The van der Waals surface area contributed by atoms with Crippen LogP contribution < -0.4 is 21.3 Å². The third kappa shape index (κ3) is 4.27. The Morgan fingerprint density at radius 1 is 1.12 bits per heavy atom. The topological polar surface area (TPSA) is 143 Å². The van der Waals surface area contributed by atoms with Gasteiger partial charge in [0, 0.05) is 24.4 Å². The number of hydrazine groups is 1. The number of nitrogens with two attached hydrogens (primary N) is 1. The molecule has 0 spiro atoms. The molecule has 1 aromatic heterocycles. The molecule has 0 aliphatic rings. The first kappa shape index (κ1) is 17.4. The molecule has 0 aliphatic heterocycles. The van der Waals surface area contributed by atoms with E-state index in [2.05, 4.69) is 15.0 Å². The van der Waals surface area contributed by atoms with Crippen molar-refractivity contribution in [2.24, 2.45) is 5.84 Å². The Hall–Kier alpha value is -2.98. The number of anilines is 2. The number of aromatic nitrogens is 1. The largest absolute Gasteiger partial charge is 0.326 e. The summed E-state index contributed by atoms with van der Waals surface area (Å²) in [4.78, 5) is 26.2. The van der Waals surface area contributed by atoms with Crippen molar-refractivity contribution in [3.63, 3.8) is 0 Å². The Morgan fingerprint density at radius 3 is 2.38 bits per heavy atom. The predicted octanol–water partition coefficient (Wildman–Crippen LogP) is 0.444. The number of amides is 2. The molecule has 2 aromatic rings. The molecule has 0 bridgehead atoms. The normalized spacial score (nSPS) is 10.8. The second-order valence-electron chi connectivity index (χ2n) is 4.71. The quantitative estimate of drug-likeness (QED) is 0.350. The van der Waals surface area contributed by atoms with Gasteiger partial charge in [0.05, 0.1) is 4.90 Å². The number of sulfonamides is 1. The lowest BCUT2D eigenvalue weighted by atomic mass is 10.2. The van der Waals surface area contributed by atoms with Gasteiger partial charge in [-0.1, -0.05) is 0 Å². The zero-order valence-corrected chi connectivity index (χ0v) is 13.4. The van der Waals surface area contributed by atoms with Crippen molar-refractivity contribution >= 4 is 33.3 Å². The van der Waals surface area contributed by atoms with Crippen LogP contribution in [0, 0.1) is 0 Å². The van der Waals surface area contributed by atoms with Crippen molar-refractivity contribution in [2.45, 2.75) is 11.8 Å². The Bertz CT molecular complexity index is 865. The SMILES string of the molecule is CC(=O)Nc1ccc(S(=O)(=O)Nc2cc(C(=O)NN)ccn2)cc1. The van der Waals surface area contributed by atoms with Crippen molar-refractivity contribution in [1.82, 2.24) is 10.4 Å². The molecule has 0 fully saturated rings. The molecule has 0 saturated heterocycles. The smallest absolute Gasteiger partial charge is 0.265 e. The summed E-state index contributed by atoms with van der Waals surface area (Å²) in [5.74, 6) is 4.17. The van der Waals surface area contributed by atoms with Crippen LogP contribution in [0.3, 0.4) is 0 Å². The Labute approximate surface area is 138 Å². The molecule has 0 aliphatic carbocycles. The van der Waals surface area contributed by atoms with E-state index in [9.17, 15) is 18.0 Å². The molecule has 0 saturated carbocycles. The van der Waals surface area contributed by atoms with Gasteiger partial charge in [-0.2, -0.15) is 0 Å².